The molecule has 3 heteroatoms. The van der Waals surface area contributed by atoms with Crippen LogP contribution < -0.4 is 0 Å². The van der Waals surface area contributed by atoms with Gasteiger partial charge in [0.25, 0.3) is 0 Å². The van der Waals surface area contributed by atoms with Crippen LogP contribution in [0.4, 0.5) is 0 Å². The Labute approximate surface area is 78.3 Å². The second kappa shape index (κ2) is 3.20. The Balaban J connectivity index is 1.90. The predicted molar refractivity (Wildman–Crippen MR) is 52.5 cm³/mol. The summed E-state index contributed by atoms with van der Waals surface area (Å²) in [5, 5.41) is 10.2. The lowest BCUT2D eigenvalue weighted by atomic mass is 9.78. The molecule has 0 spiro atoms. The third-order valence-corrected chi connectivity index (χ3v) is 4.12. The molecule has 2 fully saturated rings. The molecule has 0 unspecified atom stereocenters. The fourth-order valence-corrected chi connectivity index (χ4v) is 3.49. The molecule has 2 aliphatic heterocycles. The van der Waals surface area contributed by atoms with E-state index in [1.54, 1.807) is 0 Å². The molecule has 12 heavy (non-hydrogen) atoms. The first-order chi connectivity index (χ1) is 5.71. The molecule has 0 aromatic carbocycles. The largest absolute Gasteiger partial charge is 0.387 e. The lowest BCUT2D eigenvalue weighted by Gasteiger charge is -2.50. The summed E-state index contributed by atoms with van der Waals surface area (Å²) in [7, 11) is 2.08. The summed E-state index contributed by atoms with van der Waals surface area (Å²) < 4.78 is 0. The molecule has 0 radical (unpaired) electrons. The number of likely N-dealkylation sites (N-methyl/N-ethyl adjacent to an activating group) is 1. The Bertz CT molecular complexity index is 162. The van der Waals surface area contributed by atoms with Crippen molar-refractivity contribution >= 4 is 11.8 Å². The van der Waals surface area contributed by atoms with Crippen molar-refractivity contribution in [1.29, 1.82) is 0 Å². The van der Waals surface area contributed by atoms with Gasteiger partial charge in [0.15, 0.2) is 0 Å². The van der Waals surface area contributed by atoms with E-state index in [1.807, 2.05) is 11.8 Å². The van der Waals surface area contributed by atoms with Gasteiger partial charge in [0.2, 0.25) is 0 Å². The van der Waals surface area contributed by atoms with Gasteiger partial charge in [-0.05, 0) is 37.3 Å². The van der Waals surface area contributed by atoms with Crippen molar-refractivity contribution in [2.75, 3.05) is 31.6 Å². The lowest BCUT2D eigenvalue weighted by molar-refractivity contribution is -0.128. The molecule has 70 valence electrons. The lowest BCUT2D eigenvalue weighted by Crippen LogP contribution is -2.64. The van der Waals surface area contributed by atoms with Crippen LogP contribution in [0.3, 0.4) is 0 Å². The minimum absolute atomic E-state index is 0.324. The molecule has 0 bridgehead atoms. The van der Waals surface area contributed by atoms with Gasteiger partial charge in [-0.2, -0.15) is 11.8 Å². The molecule has 2 heterocycles. The fourth-order valence-electron chi connectivity index (χ4n) is 2.38. The first kappa shape index (κ1) is 8.85. The van der Waals surface area contributed by atoms with E-state index in [9.17, 15) is 5.11 Å². The molecule has 0 atom stereocenters. The van der Waals surface area contributed by atoms with Crippen LogP contribution in [0.2, 0.25) is 0 Å². The Morgan fingerprint density at radius 2 is 1.92 bits per heavy atom. The van der Waals surface area contributed by atoms with Crippen molar-refractivity contribution < 1.29 is 5.11 Å². The number of thioether (sulfide) groups is 1. The maximum absolute atomic E-state index is 10.2. The van der Waals surface area contributed by atoms with Gasteiger partial charge in [0.05, 0.1) is 5.60 Å². The van der Waals surface area contributed by atoms with E-state index in [4.69, 9.17) is 0 Å². The number of rotatable bonds is 1. The van der Waals surface area contributed by atoms with Crippen LogP contribution in [-0.2, 0) is 0 Å². The van der Waals surface area contributed by atoms with Crippen LogP contribution in [-0.4, -0.2) is 47.3 Å². The first-order valence-corrected chi connectivity index (χ1v) is 5.85. The molecule has 0 aromatic rings. The molecule has 2 nitrogen and oxygen atoms in total. The van der Waals surface area contributed by atoms with E-state index in [0.717, 1.165) is 13.1 Å². The standard InChI is InChI=1S/C9H17NOS/c1-10-6-9(11,7-10)8-2-4-12-5-3-8/h8,11H,2-7H2,1H3. The smallest absolute Gasteiger partial charge is 0.0928 e. The fraction of sp³-hybridized carbons (Fsp3) is 1.00. The zero-order chi connectivity index (χ0) is 8.60. The normalized spacial score (nSPS) is 31.5. The average molecular weight is 187 g/mol. The van der Waals surface area contributed by atoms with E-state index in [1.165, 1.54) is 24.3 Å². The third-order valence-electron chi connectivity index (χ3n) is 3.07. The molecule has 2 saturated heterocycles. The van der Waals surface area contributed by atoms with Crippen molar-refractivity contribution in [3.8, 4) is 0 Å². The highest BCUT2D eigenvalue weighted by Crippen LogP contribution is 2.36. The summed E-state index contributed by atoms with van der Waals surface area (Å²) in [6.45, 7) is 1.78. The van der Waals surface area contributed by atoms with Crippen molar-refractivity contribution in [1.82, 2.24) is 4.90 Å². The van der Waals surface area contributed by atoms with E-state index in [-0.39, 0.29) is 5.60 Å². The van der Waals surface area contributed by atoms with Crippen LogP contribution >= 0.6 is 11.8 Å². The molecule has 0 saturated carbocycles. The zero-order valence-corrected chi connectivity index (χ0v) is 8.44. The summed E-state index contributed by atoms with van der Waals surface area (Å²) in [6, 6.07) is 0. The quantitative estimate of drug-likeness (QED) is 0.657. The van der Waals surface area contributed by atoms with Gasteiger partial charge < -0.3 is 10.0 Å². The first-order valence-electron chi connectivity index (χ1n) is 4.69. The maximum Gasteiger partial charge on any atom is 0.0928 e. The maximum atomic E-state index is 10.2. The Morgan fingerprint density at radius 3 is 2.42 bits per heavy atom. The van der Waals surface area contributed by atoms with E-state index in [2.05, 4.69) is 11.9 Å². The summed E-state index contributed by atoms with van der Waals surface area (Å²) in [5.74, 6) is 3.07. The number of aliphatic hydroxyl groups is 1. The summed E-state index contributed by atoms with van der Waals surface area (Å²) in [4.78, 5) is 2.20. The van der Waals surface area contributed by atoms with Gasteiger partial charge in [-0.1, -0.05) is 0 Å². The molecule has 0 amide bonds. The van der Waals surface area contributed by atoms with Gasteiger partial charge in [0.1, 0.15) is 0 Å². The van der Waals surface area contributed by atoms with Crippen molar-refractivity contribution in [2.45, 2.75) is 18.4 Å². The minimum Gasteiger partial charge on any atom is -0.387 e. The van der Waals surface area contributed by atoms with Gasteiger partial charge in [-0.15, -0.1) is 0 Å². The second-order valence-corrected chi connectivity index (χ2v) is 5.39. The van der Waals surface area contributed by atoms with Crippen LogP contribution in [0.5, 0.6) is 0 Å². The van der Waals surface area contributed by atoms with Crippen molar-refractivity contribution in [3.05, 3.63) is 0 Å². The van der Waals surface area contributed by atoms with Crippen LogP contribution in [0.25, 0.3) is 0 Å². The molecular weight excluding hydrogens is 170 g/mol. The van der Waals surface area contributed by atoms with Crippen molar-refractivity contribution in [2.24, 2.45) is 5.92 Å². The highest BCUT2D eigenvalue weighted by molar-refractivity contribution is 7.99. The Kier molecular flexibility index (Phi) is 2.36. The van der Waals surface area contributed by atoms with Gasteiger partial charge in [-0.25, -0.2) is 0 Å². The highest BCUT2D eigenvalue weighted by atomic mass is 32.2. The molecule has 2 rings (SSSR count). The van der Waals surface area contributed by atoms with Crippen molar-refractivity contribution in [3.63, 3.8) is 0 Å². The van der Waals surface area contributed by atoms with Gasteiger partial charge in [-0.3, -0.25) is 0 Å². The van der Waals surface area contributed by atoms with Crippen LogP contribution in [0, 0.1) is 5.92 Å². The predicted octanol–water partition coefficient (Wildman–Crippen LogP) is 0.806. The summed E-state index contributed by atoms with van der Waals surface area (Å²) in [6.07, 6.45) is 2.43. The topological polar surface area (TPSA) is 23.5 Å². The van der Waals surface area contributed by atoms with Crippen LogP contribution in [0.15, 0.2) is 0 Å². The third kappa shape index (κ3) is 1.50. The molecule has 0 aromatic heterocycles. The Morgan fingerprint density at radius 1 is 1.33 bits per heavy atom. The van der Waals surface area contributed by atoms with E-state index >= 15 is 0 Å². The summed E-state index contributed by atoms with van der Waals surface area (Å²) >= 11 is 2.03. The van der Waals surface area contributed by atoms with Gasteiger partial charge >= 0.3 is 0 Å². The van der Waals surface area contributed by atoms with E-state index in [0.29, 0.717) is 5.92 Å². The molecule has 2 aliphatic rings. The highest BCUT2D eigenvalue weighted by Gasteiger charge is 2.45. The Hall–Kier alpha value is 0.270. The molecular formula is C9H17NOS. The number of likely N-dealkylation sites (tertiary alicyclic amines) is 1. The average Bonchev–Trinajstić information content (AvgIpc) is 2.04. The monoisotopic (exact) mass is 187 g/mol. The van der Waals surface area contributed by atoms with E-state index < -0.39 is 0 Å². The number of hydrogen-bond donors (Lipinski definition) is 1. The van der Waals surface area contributed by atoms with Crippen LogP contribution in [0.1, 0.15) is 12.8 Å². The SMILES string of the molecule is CN1CC(O)(C2CCSCC2)C1. The number of β-amino-alcohol motifs (C(OH)–C–C–N with tert-alkyl or cyclic N) is 1. The second-order valence-electron chi connectivity index (χ2n) is 4.16. The molecule has 1 N–H and O–H groups in total. The molecule has 0 aliphatic carbocycles. The minimum atomic E-state index is -0.324. The number of hydrogen-bond acceptors (Lipinski definition) is 3. The zero-order valence-electron chi connectivity index (χ0n) is 7.62. The number of nitrogens with zero attached hydrogens (tertiary/aromatic N) is 1. The van der Waals surface area contributed by atoms with Gasteiger partial charge in [0, 0.05) is 13.1 Å². The summed E-state index contributed by atoms with van der Waals surface area (Å²) in [5.41, 5.74) is -0.324.